The van der Waals surface area contributed by atoms with Crippen LogP contribution in [0, 0.1) is 0 Å². The van der Waals surface area contributed by atoms with Crippen molar-refractivity contribution in [1.82, 2.24) is 15.0 Å². The molecule has 0 saturated heterocycles. The maximum absolute atomic E-state index is 6.59. The number of fused-ring (bicyclic) bond motifs is 10. The van der Waals surface area contributed by atoms with Gasteiger partial charge in [0.1, 0.15) is 11.5 Å². The fraction of sp³-hybridized carbons (Fsp3) is 0.0179. The first-order valence-corrected chi connectivity index (χ1v) is 20.4. The molecule has 1 spiro atoms. The molecule has 0 unspecified atom stereocenters. The van der Waals surface area contributed by atoms with E-state index in [0.717, 1.165) is 72.3 Å². The average Bonchev–Trinajstić information content (AvgIpc) is 3.62. The Morgan fingerprint density at radius 2 is 0.817 bits per heavy atom. The zero-order chi connectivity index (χ0) is 39.6. The predicted octanol–water partition coefficient (Wildman–Crippen LogP) is 13.8. The summed E-state index contributed by atoms with van der Waals surface area (Å²) in [7, 11) is 0. The number of para-hydroxylation sites is 2. The maximum Gasteiger partial charge on any atom is 0.164 e. The first-order chi connectivity index (χ1) is 29.8. The number of nitrogens with zero attached hydrogens (tertiary/aromatic N) is 3. The number of hydrogen-bond acceptors (Lipinski definition) is 4. The van der Waals surface area contributed by atoms with Crippen molar-refractivity contribution in [2.24, 2.45) is 0 Å². The molecule has 9 aromatic carbocycles. The first kappa shape index (κ1) is 34.1. The number of aromatic nitrogens is 3. The second-order valence-corrected chi connectivity index (χ2v) is 15.4. The van der Waals surface area contributed by atoms with Gasteiger partial charge in [0.2, 0.25) is 0 Å². The lowest BCUT2D eigenvalue weighted by Gasteiger charge is -2.39. The van der Waals surface area contributed by atoms with Crippen molar-refractivity contribution in [3.63, 3.8) is 0 Å². The molecule has 4 nitrogen and oxygen atoms in total. The lowest BCUT2D eigenvalue weighted by molar-refractivity contribution is 0.436. The molecule has 0 radical (unpaired) electrons. The summed E-state index contributed by atoms with van der Waals surface area (Å²) in [5, 5.41) is 2.23. The molecule has 1 aliphatic carbocycles. The maximum atomic E-state index is 6.59. The van der Waals surface area contributed by atoms with E-state index in [1.165, 1.54) is 22.3 Å². The summed E-state index contributed by atoms with van der Waals surface area (Å²) >= 11 is 0. The lowest BCUT2D eigenvalue weighted by Crippen LogP contribution is -2.32. The van der Waals surface area contributed by atoms with Crippen LogP contribution >= 0.6 is 0 Å². The molecule has 10 aromatic rings. The molecule has 1 aliphatic heterocycles. The monoisotopic (exact) mass is 765 g/mol. The Balaban J connectivity index is 1.07. The van der Waals surface area contributed by atoms with E-state index >= 15 is 0 Å². The van der Waals surface area contributed by atoms with Gasteiger partial charge in [0.25, 0.3) is 0 Å². The first-order valence-electron chi connectivity index (χ1n) is 20.4. The summed E-state index contributed by atoms with van der Waals surface area (Å²) in [6.45, 7) is 0. The minimum atomic E-state index is -0.548. The lowest BCUT2D eigenvalue weighted by atomic mass is 9.66. The highest BCUT2D eigenvalue weighted by Gasteiger charge is 2.51. The van der Waals surface area contributed by atoms with Crippen LogP contribution in [0.15, 0.2) is 212 Å². The molecule has 0 saturated carbocycles. The fourth-order valence-electron chi connectivity index (χ4n) is 9.68. The second-order valence-electron chi connectivity index (χ2n) is 15.4. The minimum Gasteiger partial charge on any atom is -0.457 e. The zero-order valence-corrected chi connectivity index (χ0v) is 32.5. The third-order valence-corrected chi connectivity index (χ3v) is 12.2. The number of rotatable bonds is 5. The largest absolute Gasteiger partial charge is 0.457 e. The number of hydrogen-bond donors (Lipinski definition) is 0. The van der Waals surface area contributed by atoms with Gasteiger partial charge in [-0.05, 0) is 73.5 Å². The van der Waals surface area contributed by atoms with Crippen molar-refractivity contribution in [3.8, 4) is 79.0 Å². The van der Waals surface area contributed by atoms with Crippen LogP contribution in [-0.2, 0) is 5.41 Å². The van der Waals surface area contributed by atoms with Crippen molar-refractivity contribution in [2.75, 3.05) is 0 Å². The third-order valence-electron chi connectivity index (χ3n) is 12.2. The van der Waals surface area contributed by atoms with Crippen molar-refractivity contribution < 1.29 is 4.74 Å². The van der Waals surface area contributed by atoms with Crippen molar-refractivity contribution >= 4 is 10.8 Å². The molecule has 0 fully saturated rings. The summed E-state index contributed by atoms with van der Waals surface area (Å²) < 4.78 is 6.59. The van der Waals surface area contributed by atoms with Gasteiger partial charge in [-0.25, -0.2) is 15.0 Å². The Labute approximate surface area is 348 Å². The standard InChI is InChI=1S/C56H35N3O/c1-2-17-36(18-3-1)40-24-6-7-25-43(40)54-57-53(58-55(59-54)44-28-15-20-37-19-4-5-23-41(37)44)39-22-14-21-38(35-39)42-27-16-32-49-52(42)45-26-8-9-29-46(45)56(49)47-30-10-12-33-50(47)60-51-34-13-11-31-48(51)56/h1-35H. The topological polar surface area (TPSA) is 47.9 Å². The van der Waals surface area contributed by atoms with E-state index in [0.29, 0.717) is 17.5 Å². The molecule has 2 aliphatic rings. The van der Waals surface area contributed by atoms with Gasteiger partial charge in [-0.15, -0.1) is 0 Å². The van der Waals surface area contributed by atoms with E-state index in [9.17, 15) is 0 Å². The van der Waals surface area contributed by atoms with Gasteiger partial charge in [-0.3, -0.25) is 0 Å². The van der Waals surface area contributed by atoms with E-state index in [2.05, 4.69) is 206 Å². The van der Waals surface area contributed by atoms with Gasteiger partial charge >= 0.3 is 0 Å². The van der Waals surface area contributed by atoms with Gasteiger partial charge in [0.15, 0.2) is 17.5 Å². The minimum absolute atomic E-state index is 0.548. The molecule has 280 valence electrons. The van der Waals surface area contributed by atoms with Crippen molar-refractivity contribution in [1.29, 1.82) is 0 Å². The van der Waals surface area contributed by atoms with E-state index < -0.39 is 5.41 Å². The van der Waals surface area contributed by atoms with Gasteiger partial charge < -0.3 is 4.74 Å². The molecule has 0 amide bonds. The Morgan fingerprint density at radius 3 is 1.62 bits per heavy atom. The highest BCUT2D eigenvalue weighted by Crippen LogP contribution is 2.63. The van der Waals surface area contributed by atoms with Crippen LogP contribution in [0.25, 0.3) is 78.3 Å². The molecule has 4 heteroatoms. The Bertz CT molecular complexity index is 3270. The Kier molecular flexibility index (Phi) is 7.72. The summed E-state index contributed by atoms with van der Waals surface area (Å²) in [6, 6.07) is 74.9. The van der Waals surface area contributed by atoms with Crippen LogP contribution in [0.5, 0.6) is 11.5 Å². The summed E-state index contributed by atoms with van der Waals surface area (Å²) in [4.78, 5) is 15.8. The van der Waals surface area contributed by atoms with Crippen molar-refractivity contribution in [3.05, 3.63) is 235 Å². The van der Waals surface area contributed by atoms with E-state index in [-0.39, 0.29) is 0 Å². The third kappa shape index (κ3) is 5.14. The quantitative estimate of drug-likeness (QED) is 0.175. The fourth-order valence-corrected chi connectivity index (χ4v) is 9.68. The SMILES string of the molecule is c1ccc(-c2ccccc2-c2nc(-c3cccc(-c4cccc5c4-c4ccccc4C54c5ccccc5Oc5ccccc54)c3)nc(-c3cccc4ccccc34)n2)cc1. The predicted molar refractivity (Wildman–Crippen MR) is 242 cm³/mol. The van der Waals surface area contributed by atoms with Crippen LogP contribution in [0.4, 0.5) is 0 Å². The van der Waals surface area contributed by atoms with Gasteiger partial charge in [-0.1, -0.05) is 194 Å². The van der Waals surface area contributed by atoms with Crippen LogP contribution in [0.3, 0.4) is 0 Å². The van der Waals surface area contributed by atoms with Crippen molar-refractivity contribution in [2.45, 2.75) is 5.41 Å². The van der Waals surface area contributed by atoms with Crippen LogP contribution < -0.4 is 4.74 Å². The van der Waals surface area contributed by atoms with Crippen LogP contribution in [-0.4, -0.2) is 15.0 Å². The molecule has 1 aromatic heterocycles. The summed E-state index contributed by atoms with van der Waals surface area (Å²) in [5.74, 6) is 3.64. The Morgan fingerprint density at radius 1 is 0.317 bits per heavy atom. The normalized spacial score (nSPS) is 12.9. The van der Waals surface area contributed by atoms with Crippen LogP contribution in [0.1, 0.15) is 22.3 Å². The molecular formula is C56H35N3O. The molecular weight excluding hydrogens is 731 g/mol. The molecule has 0 bridgehead atoms. The highest BCUT2D eigenvalue weighted by molar-refractivity contribution is 5.98. The number of ether oxygens (including phenoxy) is 1. The number of benzene rings is 9. The van der Waals surface area contributed by atoms with E-state index in [1.807, 2.05) is 6.07 Å². The second kappa shape index (κ2) is 13.6. The highest BCUT2D eigenvalue weighted by atomic mass is 16.5. The van der Waals surface area contributed by atoms with E-state index in [1.54, 1.807) is 0 Å². The average molecular weight is 766 g/mol. The zero-order valence-electron chi connectivity index (χ0n) is 32.5. The smallest absolute Gasteiger partial charge is 0.164 e. The molecule has 0 N–H and O–H groups in total. The molecule has 0 atom stereocenters. The summed E-state index contributed by atoms with van der Waals surface area (Å²) in [5.41, 5.74) is 13.9. The molecule has 12 rings (SSSR count). The van der Waals surface area contributed by atoms with Gasteiger partial charge in [-0.2, -0.15) is 0 Å². The molecule has 2 heterocycles. The van der Waals surface area contributed by atoms with Gasteiger partial charge in [0.05, 0.1) is 5.41 Å². The Hall–Kier alpha value is -7.95. The molecule has 60 heavy (non-hydrogen) atoms. The van der Waals surface area contributed by atoms with E-state index in [4.69, 9.17) is 19.7 Å². The van der Waals surface area contributed by atoms with Crippen LogP contribution in [0.2, 0.25) is 0 Å². The van der Waals surface area contributed by atoms with Gasteiger partial charge in [0, 0.05) is 27.8 Å². The summed E-state index contributed by atoms with van der Waals surface area (Å²) in [6.07, 6.45) is 0.